The van der Waals surface area contributed by atoms with Crippen LogP contribution in [-0.2, 0) is 4.79 Å². The predicted octanol–water partition coefficient (Wildman–Crippen LogP) is 1.78. The van der Waals surface area contributed by atoms with Crippen molar-refractivity contribution in [1.29, 1.82) is 0 Å². The summed E-state index contributed by atoms with van der Waals surface area (Å²) in [5.41, 5.74) is 0. The Kier molecular flexibility index (Phi) is 4.22. The Morgan fingerprint density at radius 3 is 2.62 bits per heavy atom. The monoisotopic (exact) mass is 224 g/mol. The van der Waals surface area contributed by atoms with E-state index < -0.39 is 0 Å². The van der Waals surface area contributed by atoms with Gasteiger partial charge in [-0.25, -0.2) is 0 Å². The van der Waals surface area contributed by atoms with Crippen LogP contribution in [0.2, 0.25) is 0 Å². The van der Waals surface area contributed by atoms with Crippen molar-refractivity contribution in [2.75, 3.05) is 19.6 Å². The third kappa shape index (κ3) is 2.76. The Labute approximate surface area is 98.6 Å². The number of rotatable bonds is 4. The lowest BCUT2D eigenvalue weighted by Gasteiger charge is -2.28. The maximum absolute atomic E-state index is 12.2. The second-order valence-electron chi connectivity index (χ2n) is 5.18. The molecule has 0 bridgehead atoms. The second kappa shape index (κ2) is 5.67. The van der Waals surface area contributed by atoms with Crippen molar-refractivity contribution in [2.45, 2.75) is 51.5 Å². The van der Waals surface area contributed by atoms with Gasteiger partial charge in [-0.3, -0.25) is 4.79 Å². The molecule has 1 atom stereocenters. The van der Waals surface area contributed by atoms with E-state index in [9.17, 15) is 4.79 Å². The quantitative estimate of drug-likeness (QED) is 0.789. The molecule has 0 aromatic rings. The maximum Gasteiger partial charge on any atom is 0.223 e. The van der Waals surface area contributed by atoms with Crippen LogP contribution in [0, 0.1) is 5.92 Å². The van der Waals surface area contributed by atoms with Gasteiger partial charge in [0.2, 0.25) is 5.91 Å². The van der Waals surface area contributed by atoms with Gasteiger partial charge in [0.05, 0.1) is 0 Å². The van der Waals surface area contributed by atoms with E-state index in [1.807, 2.05) is 0 Å². The van der Waals surface area contributed by atoms with Crippen LogP contribution in [0.25, 0.3) is 0 Å². The van der Waals surface area contributed by atoms with Gasteiger partial charge in [0, 0.05) is 19.0 Å². The minimum atomic E-state index is 0.392. The predicted molar refractivity (Wildman–Crippen MR) is 65.2 cm³/mol. The zero-order chi connectivity index (χ0) is 11.4. The number of nitrogens with zero attached hydrogens (tertiary/aromatic N) is 1. The molecule has 3 nitrogen and oxygen atoms in total. The lowest BCUT2D eigenvalue weighted by atomic mass is 10.0. The van der Waals surface area contributed by atoms with Crippen molar-refractivity contribution in [3.8, 4) is 0 Å². The number of hydrogen-bond donors (Lipinski definition) is 1. The fourth-order valence-electron chi connectivity index (χ4n) is 3.11. The topological polar surface area (TPSA) is 32.3 Å². The molecule has 0 aromatic carbocycles. The summed E-state index contributed by atoms with van der Waals surface area (Å²) in [6.45, 7) is 5.13. The zero-order valence-corrected chi connectivity index (χ0v) is 10.4. The number of carbonyl (C=O) groups excluding carboxylic acids is 1. The highest BCUT2D eigenvalue weighted by Crippen LogP contribution is 2.25. The van der Waals surface area contributed by atoms with Crippen LogP contribution in [0.4, 0.5) is 0 Å². The van der Waals surface area contributed by atoms with Gasteiger partial charge in [0.25, 0.3) is 0 Å². The molecule has 0 spiro atoms. The average Bonchev–Trinajstić information content (AvgIpc) is 2.91. The van der Waals surface area contributed by atoms with Gasteiger partial charge in [-0.2, -0.15) is 0 Å². The number of hydrogen-bond acceptors (Lipinski definition) is 2. The Balaban J connectivity index is 1.84. The Bertz CT molecular complexity index is 230. The fourth-order valence-corrected chi connectivity index (χ4v) is 3.11. The van der Waals surface area contributed by atoms with Crippen LogP contribution >= 0.6 is 0 Å². The summed E-state index contributed by atoms with van der Waals surface area (Å²) in [5.74, 6) is 0.978. The van der Waals surface area contributed by atoms with Gasteiger partial charge in [-0.05, 0) is 45.2 Å². The lowest BCUT2D eigenvalue weighted by molar-refractivity contribution is -0.134. The van der Waals surface area contributed by atoms with E-state index in [1.54, 1.807) is 0 Å². The minimum absolute atomic E-state index is 0.392. The highest BCUT2D eigenvalue weighted by Gasteiger charge is 2.27. The summed E-state index contributed by atoms with van der Waals surface area (Å²) >= 11 is 0. The van der Waals surface area contributed by atoms with E-state index in [4.69, 9.17) is 0 Å². The summed E-state index contributed by atoms with van der Waals surface area (Å²) < 4.78 is 0. The molecule has 1 amide bonds. The third-order valence-corrected chi connectivity index (χ3v) is 4.05. The first-order valence-corrected chi connectivity index (χ1v) is 6.81. The molecule has 1 unspecified atom stereocenters. The number of nitrogens with one attached hydrogen (secondary N) is 1. The van der Waals surface area contributed by atoms with Crippen LogP contribution in [0.1, 0.15) is 45.4 Å². The molecule has 3 heteroatoms. The van der Waals surface area contributed by atoms with Gasteiger partial charge in [0.15, 0.2) is 0 Å². The smallest absolute Gasteiger partial charge is 0.223 e. The molecule has 0 aromatic heterocycles. The largest absolute Gasteiger partial charge is 0.340 e. The summed E-state index contributed by atoms with van der Waals surface area (Å²) in [7, 11) is 0. The molecular formula is C13H24N2O. The first kappa shape index (κ1) is 11.9. The Morgan fingerprint density at radius 1 is 1.31 bits per heavy atom. The SMILES string of the molecule is CCN(C(=O)CC1CCNC1)C1CCCC1. The van der Waals surface area contributed by atoms with E-state index in [-0.39, 0.29) is 0 Å². The molecule has 1 N–H and O–H groups in total. The molecular weight excluding hydrogens is 200 g/mol. The van der Waals surface area contributed by atoms with E-state index in [1.165, 1.54) is 32.1 Å². The first-order valence-electron chi connectivity index (χ1n) is 6.81. The maximum atomic E-state index is 12.2. The highest BCUT2D eigenvalue weighted by molar-refractivity contribution is 5.76. The Hall–Kier alpha value is -0.570. The van der Waals surface area contributed by atoms with Crippen molar-refractivity contribution >= 4 is 5.91 Å². The molecule has 1 aliphatic heterocycles. The van der Waals surface area contributed by atoms with Crippen molar-refractivity contribution in [3.05, 3.63) is 0 Å². The minimum Gasteiger partial charge on any atom is -0.340 e. The highest BCUT2D eigenvalue weighted by atomic mass is 16.2. The van der Waals surface area contributed by atoms with E-state index in [0.29, 0.717) is 17.9 Å². The van der Waals surface area contributed by atoms with Gasteiger partial charge in [0.1, 0.15) is 0 Å². The standard InChI is InChI=1S/C13H24N2O/c1-2-15(12-5-3-4-6-12)13(16)9-11-7-8-14-10-11/h11-12,14H,2-10H2,1H3. The van der Waals surface area contributed by atoms with Crippen molar-refractivity contribution in [2.24, 2.45) is 5.92 Å². The van der Waals surface area contributed by atoms with Crippen molar-refractivity contribution < 1.29 is 4.79 Å². The van der Waals surface area contributed by atoms with Gasteiger partial charge < -0.3 is 10.2 Å². The molecule has 1 aliphatic carbocycles. The summed E-state index contributed by atoms with van der Waals surface area (Å²) in [6.07, 6.45) is 7.00. The number of amides is 1. The lowest BCUT2D eigenvalue weighted by Crippen LogP contribution is -2.39. The molecule has 92 valence electrons. The first-order chi connectivity index (χ1) is 7.81. The molecule has 0 radical (unpaired) electrons. The summed E-state index contributed by atoms with van der Waals surface area (Å²) in [6, 6.07) is 0.548. The fraction of sp³-hybridized carbons (Fsp3) is 0.923. The van der Waals surface area contributed by atoms with Crippen LogP contribution < -0.4 is 5.32 Å². The summed E-state index contributed by atoms with van der Waals surface area (Å²) in [5, 5.41) is 3.33. The van der Waals surface area contributed by atoms with Crippen LogP contribution in [-0.4, -0.2) is 36.5 Å². The molecule has 2 aliphatic rings. The molecule has 1 saturated heterocycles. The van der Waals surface area contributed by atoms with E-state index in [2.05, 4.69) is 17.1 Å². The molecule has 1 heterocycles. The van der Waals surface area contributed by atoms with Gasteiger partial charge in [-0.1, -0.05) is 12.8 Å². The average molecular weight is 224 g/mol. The number of carbonyl (C=O) groups is 1. The molecule has 16 heavy (non-hydrogen) atoms. The van der Waals surface area contributed by atoms with Crippen LogP contribution in [0.3, 0.4) is 0 Å². The Morgan fingerprint density at radius 2 is 2.06 bits per heavy atom. The molecule has 2 fully saturated rings. The summed E-state index contributed by atoms with van der Waals surface area (Å²) in [4.78, 5) is 14.3. The van der Waals surface area contributed by atoms with Crippen LogP contribution in [0.15, 0.2) is 0 Å². The molecule has 1 saturated carbocycles. The normalized spacial score (nSPS) is 26.2. The van der Waals surface area contributed by atoms with Crippen LogP contribution in [0.5, 0.6) is 0 Å². The molecule has 2 rings (SSSR count). The second-order valence-corrected chi connectivity index (χ2v) is 5.18. The van der Waals surface area contributed by atoms with E-state index in [0.717, 1.165) is 26.1 Å². The van der Waals surface area contributed by atoms with E-state index >= 15 is 0 Å². The van der Waals surface area contributed by atoms with Gasteiger partial charge in [-0.15, -0.1) is 0 Å². The van der Waals surface area contributed by atoms with Gasteiger partial charge >= 0.3 is 0 Å². The van der Waals surface area contributed by atoms with Crippen molar-refractivity contribution in [3.63, 3.8) is 0 Å². The van der Waals surface area contributed by atoms with Crippen molar-refractivity contribution in [1.82, 2.24) is 10.2 Å². The third-order valence-electron chi connectivity index (χ3n) is 4.05. The zero-order valence-electron chi connectivity index (χ0n) is 10.4.